The summed E-state index contributed by atoms with van der Waals surface area (Å²) in [5, 5.41) is 6.53. The summed E-state index contributed by atoms with van der Waals surface area (Å²) in [7, 11) is 1.56. The van der Waals surface area contributed by atoms with Gasteiger partial charge in [-0.2, -0.15) is 5.10 Å². The summed E-state index contributed by atoms with van der Waals surface area (Å²) in [6.45, 7) is 5.14. The Hall–Kier alpha value is -3.19. The van der Waals surface area contributed by atoms with Crippen LogP contribution in [0.15, 0.2) is 18.3 Å². The normalized spacial score (nSPS) is 17.2. The minimum absolute atomic E-state index is 0.0504. The maximum Gasteiger partial charge on any atom is 0.277 e. The highest BCUT2D eigenvalue weighted by atomic mass is 32.1. The van der Waals surface area contributed by atoms with Gasteiger partial charge >= 0.3 is 0 Å². The lowest BCUT2D eigenvalue weighted by Gasteiger charge is -2.26. The molecule has 4 rings (SSSR count). The molecule has 196 valence electrons. The Balaban J connectivity index is 0.00000176. The van der Waals surface area contributed by atoms with Crippen LogP contribution >= 0.6 is 11.3 Å². The van der Waals surface area contributed by atoms with Gasteiger partial charge in [0.05, 0.1) is 18.3 Å². The first-order chi connectivity index (χ1) is 17.0. The van der Waals surface area contributed by atoms with E-state index < -0.39 is 42.5 Å². The van der Waals surface area contributed by atoms with Gasteiger partial charge in [-0.15, -0.1) is 0 Å². The monoisotopic (exact) mass is 527 g/mol. The largest absolute Gasteiger partial charge is 0.389 e. The summed E-state index contributed by atoms with van der Waals surface area (Å²) in [6, 6.07) is 1.75. The summed E-state index contributed by atoms with van der Waals surface area (Å²) in [4.78, 5) is 18.4. The van der Waals surface area contributed by atoms with Crippen LogP contribution < -0.4 is 21.7 Å². The molecule has 3 aromatic rings. The van der Waals surface area contributed by atoms with E-state index in [2.05, 4.69) is 15.4 Å². The standard InChI is InChI=1S/C21H23F4N7OS.C2H6/c1-10-3-4-12(22)14(15(10)23)19-30-16(17(27)34-19)18(33)29-13-8-28-31(2)20(13)32-6-5-11(26)7-21(24,25)9-32;1-2/h3-4,8,11H,5-7,9,26-27H2,1-2H3,(H,29,33);1-2H3/t11-;/m1./s1. The van der Waals surface area contributed by atoms with Crippen LogP contribution in [0.1, 0.15) is 42.7 Å². The number of nitrogens with one attached hydrogen (secondary N) is 1. The molecule has 5 N–H and O–H groups in total. The number of benzene rings is 1. The Morgan fingerprint density at radius 1 is 1.28 bits per heavy atom. The summed E-state index contributed by atoms with van der Waals surface area (Å²) < 4.78 is 58.8. The molecule has 36 heavy (non-hydrogen) atoms. The van der Waals surface area contributed by atoms with Crippen LogP contribution in [0.4, 0.5) is 34.1 Å². The molecule has 1 atom stereocenters. The number of aromatic nitrogens is 3. The Morgan fingerprint density at radius 2 is 1.97 bits per heavy atom. The molecule has 1 aromatic carbocycles. The number of thiazole rings is 1. The summed E-state index contributed by atoms with van der Waals surface area (Å²) >= 11 is 0.765. The third-order valence-corrected chi connectivity index (χ3v) is 6.48. The lowest BCUT2D eigenvalue weighted by Crippen LogP contribution is -2.37. The fourth-order valence-corrected chi connectivity index (χ4v) is 4.81. The maximum atomic E-state index is 14.5. The Bertz CT molecular complexity index is 1240. The minimum Gasteiger partial charge on any atom is -0.389 e. The molecule has 8 nitrogen and oxygen atoms in total. The van der Waals surface area contributed by atoms with Crippen LogP contribution in [0.5, 0.6) is 0 Å². The third kappa shape index (κ3) is 5.62. The lowest BCUT2D eigenvalue weighted by molar-refractivity contribution is -0.000528. The van der Waals surface area contributed by atoms with Gasteiger partial charge in [0, 0.05) is 26.1 Å². The first-order valence-corrected chi connectivity index (χ1v) is 12.2. The van der Waals surface area contributed by atoms with Crippen LogP contribution in [0.3, 0.4) is 0 Å². The van der Waals surface area contributed by atoms with Crippen molar-refractivity contribution in [3.05, 3.63) is 41.2 Å². The number of hydrogen-bond donors (Lipinski definition) is 3. The van der Waals surface area contributed by atoms with Crippen LogP contribution in [0.2, 0.25) is 0 Å². The minimum atomic E-state index is -3.02. The van der Waals surface area contributed by atoms with Crippen molar-refractivity contribution in [3.63, 3.8) is 0 Å². The second-order valence-corrected chi connectivity index (χ2v) is 9.31. The molecule has 1 saturated heterocycles. The Kier molecular flexibility index (Phi) is 8.24. The second-order valence-electron chi connectivity index (χ2n) is 8.28. The van der Waals surface area contributed by atoms with Crippen molar-refractivity contribution in [2.75, 3.05) is 29.0 Å². The number of hydrogen-bond acceptors (Lipinski definition) is 7. The van der Waals surface area contributed by atoms with E-state index in [0.717, 1.165) is 17.4 Å². The van der Waals surface area contributed by atoms with E-state index in [1.807, 2.05) is 13.8 Å². The van der Waals surface area contributed by atoms with Gasteiger partial charge in [-0.05, 0) is 25.0 Å². The molecular weight excluding hydrogens is 498 g/mol. The van der Waals surface area contributed by atoms with Crippen molar-refractivity contribution >= 4 is 33.8 Å². The maximum absolute atomic E-state index is 14.5. The van der Waals surface area contributed by atoms with Crippen molar-refractivity contribution in [1.82, 2.24) is 14.8 Å². The predicted octanol–water partition coefficient (Wildman–Crippen LogP) is 4.55. The van der Waals surface area contributed by atoms with Crippen LogP contribution in [-0.4, -0.2) is 45.7 Å². The van der Waals surface area contributed by atoms with E-state index in [9.17, 15) is 22.4 Å². The fraction of sp³-hybridized carbons (Fsp3) is 0.435. The van der Waals surface area contributed by atoms with Gasteiger partial charge in [0.2, 0.25) is 0 Å². The fourth-order valence-electron chi connectivity index (χ4n) is 3.94. The van der Waals surface area contributed by atoms with E-state index in [0.29, 0.717) is 6.42 Å². The second kappa shape index (κ2) is 10.8. The van der Waals surface area contributed by atoms with Gasteiger partial charge in [0.15, 0.2) is 11.5 Å². The smallest absolute Gasteiger partial charge is 0.277 e. The summed E-state index contributed by atoms with van der Waals surface area (Å²) in [5.74, 6) is -5.14. The molecule has 1 aliphatic rings. The van der Waals surface area contributed by atoms with Gasteiger partial charge in [0.25, 0.3) is 11.8 Å². The molecule has 3 heterocycles. The first kappa shape index (κ1) is 27.4. The summed E-state index contributed by atoms with van der Waals surface area (Å²) in [6.07, 6.45) is 1.22. The van der Waals surface area contributed by atoms with Gasteiger partial charge < -0.3 is 21.7 Å². The van der Waals surface area contributed by atoms with Crippen molar-refractivity contribution in [2.24, 2.45) is 12.8 Å². The molecule has 1 amide bonds. The van der Waals surface area contributed by atoms with E-state index >= 15 is 0 Å². The number of halogens is 4. The SMILES string of the molecule is CC.Cc1ccc(F)c(-c2nc(C(=O)Nc3cnn(C)c3N3CC[C@@H](N)CC(F)(F)C3)c(N)s2)c1F. The number of amides is 1. The van der Waals surface area contributed by atoms with Crippen molar-refractivity contribution in [3.8, 4) is 10.6 Å². The van der Waals surface area contributed by atoms with Gasteiger partial charge in [-0.25, -0.2) is 22.5 Å². The number of carbonyl (C=O) groups is 1. The number of nitrogens with two attached hydrogens (primary N) is 2. The number of nitrogen functional groups attached to an aromatic ring is 1. The van der Waals surface area contributed by atoms with Crippen LogP contribution in [0, 0.1) is 18.6 Å². The van der Waals surface area contributed by atoms with Crippen molar-refractivity contribution < 1.29 is 22.4 Å². The highest BCUT2D eigenvalue weighted by Gasteiger charge is 2.38. The zero-order valence-corrected chi connectivity index (χ0v) is 21.2. The van der Waals surface area contributed by atoms with E-state index in [-0.39, 0.29) is 44.9 Å². The third-order valence-electron chi connectivity index (χ3n) is 5.57. The van der Waals surface area contributed by atoms with E-state index in [1.165, 1.54) is 28.8 Å². The molecule has 0 saturated carbocycles. The number of anilines is 3. The van der Waals surface area contributed by atoms with E-state index in [1.54, 1.807) is 7.05 Å². The zero-order valence-electron chi connectivity index (χ0n) is 20.4. The molecule has 0 spiro atoms. The lowest BCUT2D eigenvalue weighted by atomic mass is 10.1. The molecule has 0 aliphatic carbocycles. The Morgan fingerprint density at radius 3 is 2.67 bits per heavy atom. The Labute approximate surface area is 210 Å². The number of carbonyl (C=O) groups excluding carboxylic acids is 1. The quantitative estimate of drug-likeness (QED) is 0.429. The molecule has 0 bridgehead atoms. The van der Waals surface area contributed by atoms with Crippen molar-refractivity contribution in [1.29, 1.82) is 0 Å². The molecule has 1 fully saturated rings. The van der Waals surface area contributed by atoms with Crippen LogP contribution in [0.25, 0.3) is 10.6 Å². The highest BCUT2D eigenvalue weighted by Crippen LogP contribution is 2.36. The summed E-state index contributed by atoms with van der Waals surface area (Å²) in [5.41, 5.74) is 11.5. The topological polar surface area (TPSA) is 115 Å². The number of alkyl halides is 2. The average molecular weight is 528 g/mol. The average Bonchev–Trinajstić information content (AvgIpc) is 3.33. The zero-order chi connectivity index (χ0) is 26.8. The highest BCUT2D eigenvalue weighted by molar-refractivity contribution is 7.19. The molecule has 1 aliphatic heterocycles. The number of rotatable bonds is 4. The number of nitrogens with zero attached hydrogens (tertiary/aromatic N) is 4. The van der Waals surface area contributed by atoms with Crippen molar-refractivity contribution in [2.45, 2.75) is 45.6 Å². The van der Waals surface area contributed by atoms with Crippen LogP contribution in [-0.2, 0) is 7.05 Å². The molecular formula is C23H29F4N7OS. The first-order valence-electron chi connectivity index (χ1n) is 11.4. The molecule has 0 radical (unpaired) electrons. The molecule has 2 aromatic heterocycles. The van der Waals surface area contributed by atoms with Gasteiger partial charge in [-0.1, -0.05) is 31.3 Å². The number of aryl methyl sites for hydroxylation is 2. The predicted molar refractivity (Wildman–Crippen MR) is 133 cm³/mol. The van der Waals surface area contributed by atoms with E-state index in [4.69, 9.17) is 11.5 Å². The molecule has 0 unspecified atom stereocenters. The van der Waals surface area contributed by atoms with Gasteiger partial charge in [-0.3, -0.25) is 9.48 Å². The van der Waals surface area contributed by atoms with Gasteiger partial charge in [0.1, 0.15) is 27.3 Å². The molecule has 13 heteroatoms.